The number of para-hydroxylation sites is 1. The van der Waals surface area contributed by atoms with Crippen LogP contribution in [0.15, 0.2) is 48.5 Å². The number of aromatic nitrogens is 2. The minimum absolute atomic E-state index is 0.145. The first kappa shape index (κ1) is 12.1. The maximum atomic E-state index is 5.96. The molecular weight excluding hydrogens is 260 g/mol. The van der Waals surface area contributed by atoms with Crippen molar-refractivity contribution in [3.63, 3.8) is 0 Å². The maximum absolute atomic E-state index is 5.96. The minimum Gasteiger partial charge on any atom is -0.483 e. The molecule has 1 N–H and O–H groups in total. The Hall–Kier alpha value is -2.00. The Morgan fingerprint density at radius 1 is 1.16 bits per heavy atom. The third-order valence-corrected chi connectivity index (χ3v) is 3.14. The first-order valence-electron chi connectivity index (χ1n) is 6.09. The first-order valence-corrected chi connectivity index (χ1v) is 6.47. The topological polar surface area (TPSA) is 37.9 Å². The van der Waals surface area contributed by atoms with Gasteiger partial charge in [0.2, 0.25) is 0 Å². The molecule has 1 heterocycles. The number of nitrogens with one attached hydrogen (secondary N) is 1. The summed E-state index contributed by atoms with van der Waals surface area (Å²) in [5, 5.41) is 0.694. The van der Waals surface area contributed by atoms with Crippen LogP contribution in [0.1, 0.15) is 18.9 Å². The molecule has 3 nitrogen and oxygen atoms in total. The summed E-state index contributed by atoms with van der Waals surface area (Å²) < 4.78 is 5.83. The van der Waals surface area contributed by atoms with Crippen LogP contribution in [0, 0.1) is 0 Å². The molecule has 0 aliphatic carbocycles. The highest BCUT2D eigenvalue weighted by Crippen LogP contribution is 2.23. The molecule has 4 heteroatoms. The minimum atomic E-state index is -0.145. The highest BCUT2D eigenvalue weighted by atomic mass is 35.5. The highest BCUT2D eigenvalue weighted by Gasteiger charge is 2.12. The molecule has 0 aliphatic heterocycles. The fourth-order valence-electron chi connectivity index (χ4n) is 1.95. The lowest BCUT2D eigenvalue weighted by Crippen LogP contribution is -2.04. The zero-order valence-corrected chi connectivity index (χ0v) is 11.2. The summed E-state index contributed by atoms with van der Waals surface area (Å²) in [5.41, 5.74) is 1.81. The van der Waals surface area contributed by atoms with E-state index in [0.29, 0.717) is 5.02 Å². The summed E-state index contributed by atoms with van der Waals surface area (Å²) in [6.45, 7) is 1.96. The van der Waals surface area contributed by atoms with E-state index in [4.69, 9.17) is 16.3 Å². The van der Waals surface area contributed by atoms with Crippen molar-refractivity contribution in [2.45, 2.75) is 13.0 Å². The number of halogens is 1. The Morgan fingerprint density at radius 2 is 1.95 bits per heavy atom. The first-order chi connectivity index (χ1) is 9.22. The summed E-state index contributed by atoms with van der Waals surface area (Å²) >= 11 is 5.96. The molecule has 0 saturated heterocycles. The average Bonchev–Trinajstić information content (AvgIpc) is 2.83. The van der Waals surface area contributed by atoms with Gasteiger partial charge in [-0.3, -0.25) is 0 Å². The molecule has 3 rings (SSSR count). The number of hydrogen-bond donors (Lipinski definition) is 1. The van der Waals surface area contributed by atoms with Crippen molar-refractivity contribution < 1.29 is 4.74 Å². The number of aromatic amines is 1. The van der Waals surface area contributed by atoms with E-state index >= 15 is 0 Å². The van der Waals surface area contributed by atoms with Crippen LogP contribution in [0.3, 0.4) is 0 Å². The summed E-state index contributed by atoms with van der Waals surface area (Å²) in [6, 6.07) is 15.3. The van der Waals surface area contributed by atoms with Crippen LogP contribution in [-0.2, 0) is 0 Å². The zero-order valence-electron chi connectivity index (χ0n) is 10.4. The van der Waals surface area contributed by atoms with Crippen molar-refractivity contribution >= 4 is 22.6 Å². The number of H-pyrrole nitrogens is 1. The van der Waals surface area contributed by atoms with Gasteiger partial charge in [-0.2, -0.15) is 0 Å². The van der Waals surface area contributed by atoms with E-state index in [1.54, 1.807) is 0 Å². The van der Waals surface area contributed by atoms with Crippen LogP contribution in [-0.4, -0.2) is 9.97 Å². The molecule has 0 saturated carbocycles. The maximum Gasteiger partial charge on any atom is 0.153 e. The smallest absolute Gasteiger partial charge is 0.153 e. The van der Waals surface area contributed by atoms with E-state index in [-0.39, 0.29) is 6.10 Å². The van der Waals surface area contributed by atoms with E-state index < -0.39 is 0 Å². The predicted molar refractivity (Wildman–Crippen MR) is 76.6 cm³/mol. The van der Waals surface area contributed by atoms with Crippen LogP contribution in [0.5, 0.6) is 5.75 Å². The Labute approximate surface area is 116 Å². The number of rotatable bonds is 3. The zero-order chi connectivity index (χ0) is 13.2. The average molecular weight is 273 g/mol. The van der Waals surface area contributed by atoms with Gasteiger partial charge in [0.05, 0.1) is 11.0 Å². The second kappa shape index (κ2) is 4.94. The third-order valence-electron chi connectivity index (χ3n) is 2.90. The molecule has 1 aromatic heterocycles. The molecule has 19 heavy (non-hydrogen) atoms. The van der Waals surface area contributed by atoms with E-state index in [0.717, 1.165) is 22.6 Å². The van der Waals surface area contributed by atoms with E-state index in [2.05, 4.69) is 9.97 Å². The summed E-state index contributed by atoms with van der Waals surface area (Å²) in [7, 11) is 0. The van der Waals surface area contributed by atoms with Gasteiger partial charge >= 0.3 is 0 Å². The van der Waals surface area contributed by atoms with Crippen LogP contribution in [0.4, 0.5) is 0 Å². The molecule has 0 amide bonds. The van der Waals surface area contributed by atoms with Crippen molar-refractivity contribution in [2.75, 3.05) is 0 Å². The molecule has 0 bridgehead atoms. The number of hydrogen-bond acceptors (Lipinski definition) is 2. The van der Waals surface area contributed by atoms with Crippen molar-refractivity contribution in [3.8, 4) is 5.75 Å². The lowest BCUT2D eigenvalue weighted by molar-refractivity contribution is 0.218. The molecule has 3 aromatic rings. The fraction of sp³-hybridized carbons (Fsp3) is 0.133. The summed E-state index contributed by atoms with van der Waals surface area (Å²) in [4.78, 5) is 7.75. The summed E-state index contributed by atoms with van der Waals surface area (Å²) in [5.74, 6) is 1.62. The van der Waals surface area contributed by atoms with Gasteiger partial charge < -0.3 is 9.72 Å². The standard InChI is InChI=1S/C15H13ClN2O/c1-10(19-12-5-3-2-4-6-12)15-17-13-8-7-11(16)9-14(13)18-15/h2-10H,1H3,(H,17,18)/t10-/m0/s1. The normalized spacial score (nSPS) is 12.5. The van der Waals surface area contributed by atoms with Gasteiger partial charge in [0, 0.05) is 5.02 Å². The molecule has 0 spiro atoms. The molecule has 96 valence electrons. The lowest BCUT2D eigenvalue weighted by atomic mass is 10.3. The highest BCUT2D eigenvalue weighted by molar-refractivity contribution is 6.31. The number of ether oxygens (including phenoxy) is 1. The largest absolute Gasteiger partial charge is 0.483 e. The van der Waals surface area contributed by atoms with E-state index in [1.165, 1.54) is 0 Å². The van der Waals surface area contributed by atoms with Crippen LogP contribution >= 0.6 is 11.6 Å². The van der Waals surface area contributed by atoms with Crippen molar-refractivity contribution in [1.29, 1.82) is 0 Å². The molecule has 0 aliphatic rings. The van der Waals surface area contributed by atoms with Gasteiger partial charge in [-0.1, -0.05) is 29.8 Å². The number of fused-ring (bicyclic) bond motifs is 1. The Kier molecular flexibility index (Phi) is 3.13. The SMILES string of the molecule is C[C@H](Oc1ccccc1)c1nc2ccc(Cl)cc2[nH]1. The Balaban J connectivity index is 1.87. The monoisotopic (exact) mass is 272 g/mol. The molecule has 0 radical (unpaired) electrons. The van der Waals surface area contributed by atoms with Gasteiger partial charge in [-0.05, 0) is 37.3 Å². The van der Waals surface area contributed by atoms with Crippen molar-refractivity contribution in [1.82, 2.24) is 9.97 Å². The quantitative estimate of drug-likeness (QED) is 0.769. The van der Waals surface area contributed by atoms with Gasteiger partial charge in [-0.25, -0.2) is 4.98 Å². The molecule has 2 aromatic carbocycles. The molecular formula is C15H13ClN2O. The van der Waals surface area contributed by atoms with Crippen LogP contribution in [0.2, 0.25) is 5.02 Å². The Bertz CT molecular complexity index is 694. The van der Waals surface area contributed by atoms with E-state index in [1.807, 2.05) is 55.5 Å². The molecule has 0 fully saturated rings. The molecule has 0 unspecified atom stereocenters. The van der Waals surface area contributed by atoms with Crippen molar-refractivity contribution in [2.24, 2.45) is 0 Å². The number of benzene rings is 2. The van der Waals surface area contributed by atoms with Gasteiger partial charge in [0.25, 0.3) is 0 Å². The Morgan fingerprint density at radius 3 is 2.74 bits per heavy atom. The van der Waals surface area contributed by atoms with Crippen LogP contribution < -0.4 is 4.74 Å². The second-order valence-corrected chi connectivity index (χ2v) is 4.79. The second-order valence-electron chi connectivity index (χ2n) is 4.36. The third kappa shape index (κ3) is 2.56. The van der Waals surface area contributed by atoms with Gasteiger partial charge in [0.1, 0.15) is 11.6 Å². The van der Waals surface area contributed by atoms with Crippen molar-refractivity contribution in [3.05, 3.63) is 59.4 Å². The van der Waals surface area contributed by atoms with Gasteiger partial charge in [0.15, 0.2) is 6.10 Å². The predicted octanol–water partition coefficient (Wildman–Crippen LogP) is 4.36. The van der Waals surface area contributed by atoms with E-state index in [9.17, 15) is 0 Å². The number of nitrogens with zero attached hydrogens (tertiary/aromatic N) is 1. The fourth-order valence-corrected chi connectivity index (χ4v) is 2.13. The number of imidazole rings is 1. The summed E-state index contributed by atoms with van der Waals surface area (Å²) in [6.07, 6.45) is -0.145. The lowest BCUT2D eigenvalue weighted by Gasteiger charge is -2.11. The van der Waals surface area contributed by atoms with Crippen LogP contribution in [0.25, 0.3) is 11.0 Å². The van der Waals surface area contributed by atoms with Gasteiger partial charge in [-0.15, -0.1) is 0 Å². The molecule has 1 atom stereocenters.